The van der Waals surface area contributed by atoms with Crippen LogP contribution < -0.4 is 4.74 Å². The summed E-state index contributed by atoms with van der Waals surface area (Å²) in [5, 5.41) is 9.47. The summed E-state index contributed by atoms with van der Waals surface area (Å²) in [6.45, 7) is -0.331. The van der Waals surface area contributed by atoms with E-state index in [4.69, 9.17) is 9.47 Å². The number of hydrogen-bond acceptors (Lipinski definition) is 5. The van der Waals surface area contributed by atoms with Crippen LogP contribution in [0.1, 0.15) is 16.1 Å². The monoisotopic (exact) mass is 301 g/mol. The molecular weight excluding hydrogens is 286 g/mol. The number of Topliss-reactive ketones (excluding diaryl/α,β-unsaturated/α-hetero) is 1. The van der Waals surface area contributed by atoms with Crippen molar-refractivity contribution < 1.29 is 24.2 Å². The van der Waals surface area contributed by atoms with E-state index in [1.54, 1.807) is 30.5 Å². The standard InChI is InChI=1S/C16H15NO5/c1-21-15-9-11(4-6-13(15)18)5-7-16(20)22-10-14(19)12-3-2-8-17-12/h2-9,17-18H,10H2,1H3/b7-5+. The molecule has 2 rings (SSSR count). The molecule has 0 bridgehead atoms. The van der Waals surface area contributed by atoms with Gasteiger partial charge in [-0.1, -0.05) is 6.07 Å². The van der Waals surface area contributed by atoms with Crippen molar-refractivity contribution in [2.75, 3.05) is 13.7 Å². The van der Waals surface area contributed by atoms with E-state index in [0.717, 1.165) is 0 Å². The lowest BCUT2D eigenvalue weighted by atomic mass is 10.2. The van der Waals surface area contributed by atoms with Crippen molar-refractivity contribution in [1.29, 1.82) is 0 Å². The molecule has 0 unspecified atom stereocenters. The smallest absolute Gasteiger partial charge is 0.331 e. The summed E-state index contributed by atoms with van der Waals surface area (Å²) in [5.74, 6) is -0.624. The maximum absolute atomic E-state index is 11.6. The molecule has 0 amide bonds. The van der Waals surface area contributed by atoms with Gasteiger partial charge >= 0.3 is 5.97 Å². The van der Waals surface area contributed by atoms with Crippen molar-refractivity contribution in [3.63, 3.8) is 0 Å². The predicted octanol–water partition coefficient (Wildman–Crippen LogP) is 2.17. The van der Waals surface area contributed by atoms with E-state index in [2.05, 4.69) is 4.98 Å². The van der Waals surface area contributed by atoms with Gasteiger partial charge in [0.15, 0.2) is 18.1 Å². The van der Waals surface area contributed by atoms with Gasteiger partial charge in [-0.25, -0.2) is 4.79 Å². The summed E-state index contributed by atoms with van der Waals surface area (Å²) in [7, 11) is 1.43. The van der Waals surface area contributed by atoms with Gasteiger partial charge in [0.1, 0.15) is 0 Å². The Hall–Kier alpha value is -3.02. The van der Waals surface area contributed by atoms with Crippen molar-refractivity contribution in [1.82, 2.24) is 4.98 Å². The van der Waals surface area contributed by atoms with E-state index in [-0.39, 0.29) is 18.1 Å². The second-order valence-corrected chi connectivity index (χ2v) is 4.38. The number of phenols is 1. The Bertz CT molecular complexity index is 689. The van der Waals surface area contributed by atoms with Crippen LogP contribution in [0.4, 0.5) is 0 Å². The zero-order valence-corrected chi connectivity index (χ0v) is 11.9. The Kier molecular flexibility index (Phi) is 4.98. The number of hydrogen-bond donors (Lipinski definition) is 2. The number of rotatable bonds is 6. The molecule has 0 aliphatic carbocycles. The van der Waals surface area contributed by atoms with E-state index in [1.165, 1.54) is 25.3 Å². The van der Waals surface area contributed by atoms with Gasteiger partial charge in [0.05, 0.1) is 12.8 Å². The van der Waals surface area contributed by atoms with Crippen molar-refractivity contribution in [3.05, 3.63) is 53.9 Å². The number of benzene rings is 1. The molecular formula is C16H15NO5. The Morgan fingerprint density at radius 3 is 2.82 bits per heavy atom. The molecule has 22 heavy (non-hydrogen) atoms. The molecule has 114 valence electrons. The van der Waals surface area contributed by atoms with Gasteiger partial charge in [0, 0.05) is 12.3 Å². The fraction of sp³-hybridized carbons (Fsp3) is 0.125. The van der Waals surface area contributed by atoms with Crippen LogP contribution in [0.3, 0.4) is 0 Å². The lowest BCUT2D eigenvalue weighted by Gasteiger charge is -2.03. The number of carbonyl (C=O) groups is 2. The average Bonchev–Trinajstić information content (AvgIpc) is 3.06. The molecule has 0 fully saturated rings. The van der Waals surface area contributed by atoms with Gasteiger partial charge in [0.2, 0.25) is 5.78 Å². The fourth-order valence-electron chi connectivity index (χ4n) is 1.73. The van der Waals surface area contributed by atoms with Crippen LogP contribution in [0.2, 0.25) is 0 Å². The van der Waals surface area contributed by atoms with Crippen LogP contribution >= 0.6 is 0 Å². The third-order valence-corrected chi connectivity index (χ3v) is 2.86. The number of carbonyl (C=O) groups excluding carboxylic acids is 2. The Balaban J connectivity index is 1.90. The first kappa shape index (κ1) is 15.4. The summed E-state index contributed by atoms with van der Waals surface area (Å²) < 4.78 is 9.82. The lowest BCUT2D eigenvalue weighted by Crippen LogP contribution is -2.12. The molecule has 0 spiro atoms. The van der Waals surface area contributed by atoms with E-state index in [1.807, 2.05) is 0 Å². The van der Waals surface area contributed by atoms with Gasteiger partial charge in [-0.05, 0) is 35.9 Å². The first-order valence-electron chi connectivity index (χ1n) is 6.48. The summed E-state index contributed by atoms with van der Waals surface area (Å²) in [4.78, 5) is 25.9. The average molecular weight is 301 g/mol. The summed E-state index contributed by atoms with van der Waals surface area (Å²) >= 11 is 0. The number of ether oxygens (including phenoxy) is 2. The minimum Gasteiger partial charge on any atom is -0.504 e. The van der Waals surface area contributed by atoms with Crippen molar-refractivity contribution in [3.8, 4) is 11.5 Å². The molecule has 0 radical (unpaired) electrons. The quantitative estimate of drug-likeness (QED) is 0.485. The molecule has 2 aromatic rings. The number of methoxy groups -OCH3 is 1. The number of aromatic hydroxyl groups is 1. The molecule has 1 aromatic carbocycles. The predicted molar refractivity (Wildman–Crippen MR) is 79.8 cm³/mol. The van der Waals surface area contributed by atoms with Crippen LogP contribution in [0.5, 0.6) is 11.5 Å². The number of aromatic nitrogens is 1. The molecule has 0 aliphatic heterocycles. The van der Waals surface area contributed by atoms with E-state index >= 15 is 0 Å². The SMILES string of the molecule is COc1cc(/C=C/C(=O)OCC(=O)c2ccc[nH]2)ccc1O. The molecule has 0 saturated heterocycles. The number of aromatic amines is 1. The van der Waals surface area contributed by atoms with Crippen LogP contribution in [0, 0.1) is 0 Å². The number of ketones is 1. The molecule has 6 heteroatoms. The minimum absolute atomic E-state index is 0.0128. The van der Waals surface area contributed by atoms with Crippen LogP contribution in [0.15, 0.2) is 42.6 Å². The van der Waals surface area contributed by atoms with Gasteiger partial charge in [-0.2, -0.15) is 0 Å². The second-order valence-electron chi connectivity index (χ2n) is 4.38. The van der Waals surface area contributed by atoms with Crippen LogP contribution in [0.25, 0.3) is 6.08 Å². The minimum atomic E-state index is -0.632. The Morgan fingerprint density at radius 2 is 2.14 bits per heavy atom. The summed E-state index contributed by atoms with van der Waals surface area (Å²) in [6, 6.07) is 7.94. The van der Waals surface area contributed by atoms with Crippen LogP contribution in [-0.2, 0) is 9.53 Å². The van der Waals surface area contributed by atoms with E-state index in [9.17, 15) is 14.7 Å². The number of phenolic OH excluding ortho intramolecular Hbond substituents is 1. The fourth-order valence-corrected chi connectivity index (χ4v) is 1.73. The third-order valence-electron chi connectivity index (χ3n) is 2.86. The Labute approximate surface area is 127 Å². The molecule has 0 aliphatic rings. The van der Waals surface area contributed by atoms with Gasteiger partial charge in [-0.3, -0.25) is 4.79 Å². The maximum atomic E-state index is 11.6. The van der Waals surface area contributed by atoms with Gasteiger partial charge in [0.25, 0.3) is 0 Å². The molecule has 0 atom stereocenters. The normalized spacial score (nSPS) is 10.6. The Morgan fingerprint density at radius 1 is 1.32 bits per heavy atom. The van der Waals surface area contributed by atoms with E-state index in [0.29, 0.717) is 17.0 Å². The maximum Gasteiger partial charge on any atom is 0.331 e. The molecule has 1 heterocycles. The largest absolute Gasteiger partial charge is 0.504 e. The highest BCUT2D eigenvalue weighted by Crippen LogP contribution is 2.26. The van der Waals surface area contributed by atoms with Crippen molar-refractivity contribution in [2.45, 2.75) is 0 Å². The number of H-pyrrole nitrogens is 1. The lowest BCUT2D eigenvalue weighted by molar-refractivity contribution is -0.136. The van der Waals surface area contributed by atoms with Crippen molar-refractivity contribution >= 4 is 17.8 Å². The number of nitrogens with one attached hydrogen (secondary N) is 1. The summed E-state index contributed by atoms with van der Waals surface area (Å²) in [5.41, 5.74) is 1.04. The second kappa shape index (κ2) is 7.12. The molecule has 1 aromatic heterocycles. The highest BCUT2D eigenvalue weighted by Gasteiger charge is 2.08. The third kappa shape index (κ3) is 3.99. The molecule has 0 saturated carbocycles. The zero-order chi connectivity index (χ0) is 15.9. The van der Waals surface area contributed by atoms with Crippen molar-refractivity contribution in [2.24, 2.45) is 0 Å². The molecule has 2 N–H and O–H groups in total. The first-order valence-corrected chi connectivity index (χ1v) is 6.48. The van der Waals surface area contributed by atoms with Gasteiger partial charge in [-0.15, -0.1) is 0 Å². The molecule has 6 nitrogen and oxygen atoms in total. The van der Waals surface area contributed by atoms with Crippen LogP contribution in [-0.4, -0.2) is 35.6 Å². The topological polar surface area (TPSA) is 88.6 Å². The highest BCUT2D eigenvalue weighted by atomic mass is 16.5. The first-order chi connectivity index (χ1) is 10.6. The number of esters is 1. The van der Waals surface area contributed by atoms with Gasteiger partial charge < -0.3 is 19.6 Å². The zero-order valence-electron chi connectivity index (χ0n) is 11.9. The summed E-state index contributed by atoms with van der Waals surface area (Å²) in [6.07, 6.45) is 4.32. The highest BCUT2D eigenvalue weighted by molar-refractivity contribution is 5.97. The van der Waals surface area contributed by atoms with E-state index < -0.39 is 5.97 Å².